The number of halogens is 1. The van der Waals surface area contributed by atoms with Crippen molar-refractivity contribution in [1.82, 2.24) is 4.98 Å². The maximum Gasteiger partial charge on any atom is 0.256 e. The van der Waals surface area contributed by atoms with Crippen LogP contribution in [0.4, 0.5) is 5.69 Å². The van der Waals surface area contributed by atoms with E-state index in [4.69, 9.17) is 0 Å². The largest absolute Gasteiger partial charge is 0.322 e. The zero-order valence-corrected chi connectivity index (χ0v) is 14.9. The van der Waals surface area contributed by atoms with Gasteiger partial charge >= 0.3 is 0 Å². The quantitative estimate of drug-likeness (QED) is 0.480. The van der Waals surface area contributed by atoms with E-state index in [1.807, 2.05) is 48.7 Å². The number of hydrogen-bond donors (Lipinski definition) is 1. The molecule has 0 bridgehead atoms. The van der Waals surface area contributed by atoms with E-state index in [1.165, 1.54) is 0 Å². The first-order valence-electron chi connectivity index (χ1n) is 6.18. The van der Waals surface area contributed by atoms with Gasteiger partial charge in [-0.1, -0.05) is 23.9 Å². The molecule has 6 heteroatoms. The van der Waals surface area contributed by atoms with Crippen LogP contribution in [-0.2, 0) is 0 Å². The Hall–Kier alpha value is -1.12. The molecule has 0 aliphatic carbocycles. The predicted octanol–water partition coefficient (Wildman–Crippen LogP) is 4.88. The monoisotopic (exact) mass is 426 g/mol. The average Bonchev–Trinajstić information content (AvgIpc) is 2.90. The second-order valence-corrected chi connectivity index (χ2v) is 7.55. The Morgan fingerprint density at radius 1 is 1.29 bits per heavy atom. The highest BCUT2D eigenvalue weighted by molar-refractivity contribution is 14.1. The second-order valence-electron chi connectivity index (χ2n) is 4.30. The molecule has 106 valence electrons. The van der Waals surface area contributed by atoms with Gasteiger partial charge in [-0.2, -0.15) is 0 Å². The van der Waals surface area contributed by atoms with Crippen LogP contribution in [-0.4, -0.2) is 17.1 Å². The summed E-state index contributed by atoms with van der Waals surface area (Å²) in [5, 5.41) is 2.95. The van der Waals surface area contributed by atoms with Crippen LogP contribution in [0.2, 0.25) is 0 Å². The summed E-state index contributed by atoms with van der Waals surface area (Å²) >= 11 is 5.44. The Bertz CT molecular complexity index is 816. The number of benzene rings is 2. The molecule has 3 aromatic rings. The summed E-state index contributed by atoms with van der Waals surface area (Å²) in [6.45, 7) is 0. The topological polar surface area (TPSA) is 42.0 Å². The van der Waals surface area contributed by atoms with E-state index in [2.05, 4.69) is 32.9 Å². The highest BCUT2D eigenvalue weighted by atomic mass is 127. The molecule has 2 aromatic carbocycles. The minimum Gasteiger partial charge on any atom is -0.322 e. The number of aromatic nitrogens is 1. The first-order chi connectivity index (χ1) is 10.2. The molecule has 0 aliphatic heterocycles. The summed E-state index contributed by atoms with van der Waals surface area (Å²) in [7, 11) is 0. The molecule has 1 amide bonds. The fourth-order valence-electron chi connectivity index (χ4n) is 1.91. The van der Waals surface area contributed by atoms with Gasteiger partial charge in [0, 0.05) is 9.26 Å². The number of thiazole rings is 1. The Kier molecular flexibility index (Phi) is 4.46. The van der Waals surface area contributed by atoms with E-state index < -0.39 is 0 Å². The Labute approximate surface area is 144 Å². The van der Waals surface area contributed by atoms with Crippen LogP contribution in [0.25, 0.3) is 10.2 Å². The molecule has 0 spiro atoms. The van der Waals surface area contributed by atoms with Crippen molar-refractivity contribution in [1.29, 1.82) is 0 Å². The minimum absolute atomic E-state index is 0.0889. The summed E-state index contributed by atoms with van der Waals surface area (Å²) in [6, 6.07) is 13.3. The van der Waals surface area contributed by atoms with E-state index in [0.29, 0.717) is 5.56 Å². The molecule has 0 atom stereocenters. The number of hydrogen-bond acceptors (Lipinski definition) is 4. The lowest BCUT2D eigenvalue weighted by Gasteiger charge is -2.06. The number of amides is 1. The van der Waals surface area contributed by atoms with Gasteiger partial charge in [0.2, 0.25) is 0 Å². The van der Waals surface area contributed by atoms with Gasteiger partial charge in [0.15, 0.2) is 4.34 Å². The highest BCUT2D eigenvalue weighted by Gasteiger charge is 2.10. The minimum atomic E-state index is -0.0889. The molecule has 1 aromatic heterocycles. The number of carbonyl (C=O) groups is 1. The molecule has 3 rings (SSSR count). The molecule has 0 aliphatic rings. The Balaban J connectivity index is 1.87. The Morgan fingerprint density at radius 3 is 2.86 bits per heavy atom. The third-order valence-electron chi connectivity index (χ3n) is 2.92. The lowest BCUT2D eigenvalue weighted by atomic mass is 10.2. The van der Waals surface area contributed by atoms with Crippen molar-refractivity contribution in [3.63, 3.8) is 0 Å². The van der Waals surface area contributed by atoms with Crippen LogP contribution in [0, 0.1) is 3.57 Å². The van der Waals surface area contributed by atoms with Crippen molar-refractivity contribution >= 4 is 67.5 Å². The first-order valence-corrected chi connectivity index (χ1v) is 9.30. The van der Waals surface area contributed by atoms with E-state index >= 15 is 0 Å². The number of carbonyl (C=O) groups excluding carboxylic acids is 1. The highest BCUT2D eigenvalue weighted by Crippen LogP contribution is 2.30. The standard InChI is InChI=1S/C15H11IN2OS2/c1-20-15-18-12-7-6-9(8-13(12)21-15)17-14(19)10-4-2-3-5-11(10)16/h2-8H,1H3,(H,17,19). The van der Waals surface area contributed by atoms with Gasteiger partial charge in [-0.15, -0.1) is 11.3 Å². The summed E-state index contributed by atoms with van der Waals surface area (Å²) < 4.78 is 3.06. The van der Waals surface area contributed by atoms with Crippen molar-refractivity contribution in [2.75, 3.05) is 11.6 Å². The van der Waals surface area contributed by atoms with E-state index in [0.717, 1.165) is 23.8 Å². The van der Waals surface area contributed by atoms with Crippen LogP contribution >= 0.6 is 45.7 Å². The zero-order chi connectivity index (χ0) is 14.8. The molecule has 1 heterocycles. The number of fused-ring (bicyclic) bond motifs is 1. The van der Waals surface area contributed by atoms with Crippen LogP contribution in [0.3, 0.4) is 0 Å². The van der Waals surface area contributed by atoms with Crippen LogP contribution in [0.1, 0.15) is 10.4 Å². The maximum atomic E-state index is 12.3. The molecule has 0 unspecified atom stereocenters. The van der Waals surface area contributed by atoms with E-state index in [-0.39, 0.29) is 5.91 Å². The Morgan fingerprint density at radius 2 is 2.10 bits per heavy atom. The summed E-state index contributed by atoms with van der Waals surface area (Å²) in [5.74, 6) is -0.0889. The molecular weight excluding hydrogens is 415 g/mol. The predicted molar refractivity (Wildman–Crippen MR) is 98.5 cm³/mol. The van der Waals surface area contributed by atoms with Crippen molar-refractivity contribution in [2.24, 2.45) is 0 Å². The third-order valence-corrected chi connectivity index (χ3v) is 5.86. The first kappa shape index (κ1) is 14.8. The van der Waals surface area contributed by atoms with Gasteiger partial charge in [-0.3, -0.25) is 4.79 Å². The molecule has 1 N–H and O–H groups in total. The van der Waals surface area contributed by atoms with Gasteiger partial charge in [0.05, 0.1) is 15.8 Å². The van der Waals surface area contributed by atoms with Gasteiger partial charge in [-0.25, -0.2) is 4.98 Å². The van der Waals surface area contributed by atoms with Crippen molar-refractivity contribution in [3.8, 4) is 0 Å². The van der Waals surface area contributed by atoms with E-state index in [1.54, 1.807) is 23.1 Å². The molecule has 0 radical (unpaired) electrons. The summed E-state index contributed by atoms with van der Waals surface area (Å²) in [6.07, 6.45) is 2.01. The molecule has 0 saturated heterocycles. The molecule has 21 heavy (non-hydrogen) atoms. The van der Waals surface area contributed by atoms with Crippen molar-refractivity contribution < 1.29 is 4.79 Å². The van der Waals surface area contributed by atoms with Gasteiger partial charge in [-0.05, 0) is 59.2 Å². The number of anilines is 1. The molecule has 0 saturated carbocycles. The van der Waals surface area contributed by atoms with Crippen molar-refractivity contribution in [2.45, 2.75) is 4.34 Å². The molecule has 3 nitrogen and oxygen atoms in total. The number of rotatable bonds is 3. The fraction of sp³-hybridized carbons (Fsp3) is 0.0667. The zero-order valence-electron chi connectivity index (χ0n) is 11.1. The summed E-state index contributed by atoms with van der Waals surface area (Å²) in [5.41, 5.74) is 2.45. The van der Waals surface area contributed by atoms with Crippen LogP contribution in [0.15, 0.2) is 46.8 Å². The van der Waals surface area contributed by atoms with E-state index in [9.17, 15) is 4.79 Å². The molecular formula is C15H11IN2OS2. The van der Waals surface area contributed by atoms with Gasteiger partial charge in [0.25, 0.3) is 5.91 Å². The summed E-state index contributed by atoms with van der Waals surface area (Å²) in [4.78, 5) is 16.8. The lowest BCUT2D eigenvalue weighted by molar-refractivity contribution is 0.102. The fourth-order valence-corrected chi connectivity index (χ4v) is 4.07. The van der Waals surface area contributed by atoms with Crippen LogP contribution < -0.4 is 5.32 Å². The average molecular weight is 426 g/mol. The normalized spacial score (nSPS) is 10.8. The van der Waals surface area contributed by atoms with Gasteiger partial charge < -0.3 is 5.32 Å². The molecule has 0 fully saturated rings. The number of nitrogens with zero attached hydrogens (tertiary/aromatic N) is 1. The van der Waals surface area contributed by atoms with Crippen LogP contribution in [0.5, 0.6) is 0 Å². The third kappa shape index (κ3) is 3.22. The lowest BCUT2D eigenvalue weighted by Crippen LogP contribution is -2.13. The number of thioether (sulfide) groups is 1. The SMILES string of the molecule is CSc1nc2ccc(NC(=O)c3ccccc3I)cc2s1. The second kappa shape index (κ2) is 6.33. The van der Waals surface area contributed by atoms with Crippen molar-refractivity contribution in [3.05, 3.63) is 51.6 Å². The maximum absolute atomic E-state index is 12.3. The van der Waals surface area contributed by atoms with Gasteiger partial charge in [0.1, 0.15) is 0 Å². The number of nitrogens with one attached hydrogen (secondary N) is 1. The smallest absolute Gasteiger partial charge is 0.256 e.